The summed E-state index contributed by atoms with van der Waals surface area (Å²) in [4.78, 5) is 10.4. The molecule has 104 valence electrons. The highest BCUT2D eigenvalue weighted by atomic mass is 32.2. The van der Waals surface area contributed by atoms with Crippen molar-refractivity contribution < 1.29 is 14.3 Å². The van der Waals surface area contributed by atoms with Crippen LogP contribution >= 0.6 is 11.8 Å². The van der Waals surface area contributed by atoms with Crippen LogP contribution in [-0.2, 0) is 10.5 Å². The van der Waals surface area contributed by atoms with E-state index >= 15 is 0 Å². The smallest absolute Gasteiger partial charge is 0.328 e. The van der Waals surface area contributed by atoms with Gasteiger partial charge in [-0.3, -0.25) is 0 Å². The molecule has 1 rings (SSSR count). The number of hydrogen-bond donors (Lipinski definition) is 1. The van der Waals surface area contributed by atoms with Crippen LogP contribution in [0.25, 0.3) is 6.08 Å². The number of unbranched alkanes of at least 4 members (excludes halogenated alkanes) is 2. The second-order valence-corrected chi connectivity index (χ2v) is 5.43. The lowest BCUT2D eigenvalue weighted by Crippen LogP contribution is -1.89. The average molecular weight is 282 g/mol. The van der Waals surface area contributed by atoms with Gasteiger partial charge in [-0.05, 0) is 41.5 Å². The lowest BCUT2D eigenvalue weighted by Gasteiger charge is -2.04. The molecule has 0 heterocycles. The Balaban J connectivity index is 2.56. The van der Waals surface area contributed by atoms with Gasteiger partial charge in [0.2, 0.25) is 0 Å². The Hall–Kier alpha value is -1.29. The maximum Gasteiger partial charge on any atom is 0.328 e. The van der Waals surface area contributed by atoms with Crippen molar-refractivity contribution in [3.63, 3.8) is 0 Å². The van der Waals surface area contributed by atoms with E-state index in [2.05, 4.69) is 6.92 Å². The molecule has 4 heteroatoms. The fourth-order valence-electron chi connectivity index (χ4n) is 1.67. The van der Waals surface area contributed by atoms with E-state index in [-0.39, 0.29) is 5.82 Å². The Morgan fingerprint density at radius 1 is 1.37 bits per heavy atom. The standard InChI is InChI=1S/C15H19FO2S/c1-2-3-4-7-19-11-13-8-12(5-6-15(17)18)9-14(16)10-13/h5-6,8-10H,2-4,7,11H2,1H3,(H,17,18)/b6-5+. The van der Waals surface area contributed by atoms with Crippen molar-refractivity contribution >= 4 is 23.8 Å². The molecule has 1 aromatic rings. The Bertz CT molecular complexity index is 444. The summed E-state index contributed by atoms with van der Waals surface area (Å²) in [5.41, 5.74) is 1.48. The summed E-state index contributed by atoms with van der Waals surface area (Å²) in [5.74, 6) is 0.483. The SMILES string of the molecule is CCCCCSCc1cc(F)cc(/C=C/C(=O)O)c1. The first-order chi connectivity index (χ1) is 9.11. The normalized spacial score (nSPS) is 11.1. The molecule has 0 unspecified atom stereocenters. The van der Waals surface area contributed by atoms with Gasteiger partial charge in [0, 0.05) is 11.8 Å². The predicted molar refractivity (Wildman–Crippen MR) is 78.8 cm³/mol. The molecule has 19 heavy (non-hydrogen) atoms. The van der Waals surface area contributed by atoms with E-state index in [0.717, 1.165) is 23.1 Å². The highest BCUT2D eigenvalue weighted by molar-refractivity contribution is 7.98. The van der Waals surface area contributed by atoms with Crippen LogP contribution in [0.1, 0.15) is 37.3 Å². The van der Waals surface area contributed by atoms with Crippen LogP contribution in [0.5, 0.6) is 0 Å². The third-order valence-electron chi connectivity index (χ3n) is 2.56. The van der Waals surface area contributed by atoms with Crippen molar-refractivity contribution in [3.05, 3.63) is 41.2 Å². The maximum absolute atomic E-state index is 13.4. The molecule has 2 nitrogen and oxygen atoms in total. The molecule has 0 fully saturated rings. The minimum absolute atomic E-state index is 0.323. The van der Waals surface area contributed by atoms with Gasteiger partial charge in [-0.15, -0.1) is 0 Å². The Kier molecular flexibility index (Phi) is 7.26. The number of benzene rings is 1. The van der Waals surface area contributed by atoms with Crippen LogP contribution in [0.4, 0.5) is 4.39 Å². The third-order valence-corrected chi connectivity index (χ3v) is 3.67. The summed E-state index contributed by atoms with van der Waals surface area (Å²) in [6.07, 6.45) is 6.04. The zero-order chi connectivity index (χ0) is 14.1. The van der Waals surface area contributed by atoms with Crippen molar-refractivity contribution in [1.29, 1.82) is 0 Å². The molecule has 0 radical (unpaired) electrons. The van der Waals surface area contributed by atoms with E-state index in [1.165, 1.54) is 37.5 Å². The molecule has 0 aliphatic carbocycles. The van der Waals surface area contributed by atoms with Gasteiger partial charge in [-0.25, -0.2) is 9.18 Å². The van der Waals surface area contributed by atoms with Crippen LogP contribution < -0.4 is 0 Å². The number of carboxylic acid groups (broad SMARTS) is 1. The maximum atomic E-state index is 13.4. The van der Waals surface area contributed by atoms with Gasteiger partial charge in [0.15, 0.2) is 0 Å². The Morgan fingerprint density at radius 2 is 2.16 bits per heavy atom. The van der Waals surface area contributed by atoms with Crippen LogP contribution in [0.3, 0.4) is 0 Å². The fraction of sp³-hybridized carbons (Fsp3) is 0.400. The number of carboxylic acids is 1. The summed E-state index contributed by atoms with van der Waals surface area (Å²) in [6, 6.07) is 4.67. The number of halogens is 1. The summed E-state index contributed by atoms with van der Waals surface area (Å²) in [5, 5.41) is 8.55. The van der Waals surface area contributed by atoms with Crippen molar-refractivity contribution in [3.8, 4) is 0 Å². The number of thioether (sulfide) groups is 1. The topological polar surface area (TPSA) is 37.3 Å². The first-order valence-electron chi connectivity index (χ1n) is 6.40. The minimum atomic E-state index is -1.03. The number of hydrogen-bond acceptors (Lipinski definition) is 2. The number of carbonyl (C=O) groups is 1. The molecule has 1 aromatic carbocycles. The van der Waals surface area contributed by atoms with Crippen molar-refractivity contribution in [2.24, 2.45) is 0 Å². The first-order valence-corrected chi connectivity index (χ1v) is 7.55. The Morgan fingerprint density at radius 3 is 2.84 bits per heavy atom. The number of rotatable bonds is 8. The van der Waals surface area contributed by atoms with Gasteiger partial charge < -0.3 is 5.11 Å². The van der Waals surface area contributed by atoms with Gasteiger partial charge >= 0.3 is 5.97 Å². The minimum Gasteiger partial charge on any atom is -0.478 e. The molecule has 0 saturated heterocycles. The fourth-order valence-corrected chi connectivity index (χ4v) is 2.62. The van der Waals surface area contributed by atoms with Crippen LogP contribution in [0.2, 0.25) is 0 Å². The molecule has 0 atom stereocenters. The van der Waals surface area contributed by atoms with Crippen LogP contribution in [-0.4, -0.2) is 16.8 Å². The highest BCUT2D eigenvalue weighted by Crippen LogP contribution is 2.18. The second kappa shape index (κ2) is 8.75. The van der Waals surface area contributed by atoms with Gasteiger partial charge in [-0.1, -0.05) is 25.8 Å². The molecule has 0 aliphatic rings. The van der Waals surface area contributed by atoms with E-state index in [1.54, 1.807) is 11.8 Å². The molecular formula is C15H19FO2S. The van der Waals surface area contributed by atoms with Gasteiger partial charge in [-0.2, -0.15) is 11.8 Å². The van der Waals surface area contributed by atoms with Crippen LogP contribution in [0, 0.1) is 5.82 Å². The monoisotopic (exact) mass is 282 g/mol. The van der Waals surface area contributed by atoms with E-state index in [1.807, 2.05) is 6.07 Å². The molecular weight excluding hydrogens is 263 g/mol. The lowest BCUT2D eigenvalue weighted by molar-refractivity contribution is -0.131. The summed E-state index contributed by atoms with van der Waals surface area (Å²) in [7, 11) is 0. The first kappa shape index (κ1) is 15.8. The van der Waals surface area contributed by atoms with Gasteiger partial charge in [0.25, 0.3) is 0 Å². The predicted octanol–water partition coefficient (Wildman–Crippen LogP) is 4.35. The average Bonchev–Trinajstić information content (AvgIpc) is 2.35. The second-order valence-electron chi connectivity index (χ2n) is 4.32. The molecule has 0 spiro atoms. The van der Waals surface area contributed by atoms with Crippen molar-refractivity contribution in [2.45, 2.75) is 31.9 Å². The highest BCUT2D eigenvalue weighted by Gasteiger charge is 2.00. The Labute approximate surface area is 117 Å². The molecule has 1 N–H and O–H groups in total. The quantitative estimate of drug-likeness (QED) is 0.569. The molecule has 0 bridgehead atoms. The van der Waals surface area contributed by atoms with Crippen molar-refractivity contribution in [1.82, 2.24) is 0 Å². The molecule has 0 aromatic heterocycles. The van der Waals surface area contributed by atoms with Gasteiger partial charge in [0.05, 0.1) is 0 Å². The summed E-state index contributed by atoms with van der Waals surface area (Å²) >= 11 is 1.78. The zero-order valence-corrected chi connectivity index (χ0v) is 11.9. The largest absolute Gasteiger partial charge is 0.478 e. The van der Waals surface area contributed by atoms with Crippen molar-refractivity contribution in [2.75, 3.05) is 5.75 Å². The van der Waals surface area contributed by atoms with E-state index in [9.17, 15) is 9.18 Å². The van der Waals surface area contributed by atoms with Crippen LogP contribution in [0.15, 0.2) is 24.3 Å². The van der Waals surface area contributed by atoms with E-state index in [4.69, 9.17) is 5.11 Å². The molecule has 0 saturated carbocycles. The lowest BCUT2D eigenvalue weighted by atomic mass is 10.1. The molecule has 0 aliphatic heterocycles. The summed E-state index contributed by atoms with van der Waals surface area (Å²) < 4.78 is 13.4. The summed E-state index contributed by atoms with van der Waals surface area (Å²) in [6.45, 7) is 2.16. The zero-order valence-electron chi connectivity index (χ0n) is 11.1. The number of aliphatic carboxylic acids is 1. The third kappa shape index (κ3) is 7.01. The van der Waals surface area contributed by atoms with E-state index < -0.39 is 5.97 Å². The molecule has 0 amide bonds. The van der Waals surface area contributed by atoms with E-state index in [0.29, 0.717) is 5.56 Å². The van der Waals surface area contributed by atoms with Gasteiger partial charge in [0.1, 0.15) is 5.82 Å².